The Hall–Kier alpha value is -3.85. The lowest BCUT2D eigenvalue weighted by atomic mass is 10.1. The molecule has 1 aromatic carbocycles. The summed E-state index contributed by atoms with van der Waals surface area (Å²) in [5.74, 6) is -0.0178. The van der Waals surface area contributed by atoms with Crippen molar-refractivity contribution in [3.05, 3.63) is 84.6 Å². The second kappa shape index (κ2) is 8.72. The number of rotatable bonds is 6. The first-order chi connectivity index (χ1) is 15.3. The average molecular weight is 456 g/mol. The van der Waals surface area contributed by atoms with Gasteiger partial charge in [0, 0.05) is 53.2 Å². The molecule has 1 N–H and O–H groups in total. The molecule has 0 spiro atoms. The van der Waals surface area contributed by atoms with Crippen molar-refractivity contribution in [1.29, 1.82) is 0 Å². The van der Waals surface area contributed by atoms with Crippen LogP contribution in [-0.2, 0) is 0 Å². The van der Waals surface area contributed by atoms with Gasteiger partial charge in [-0.1, -0.05) is 6.07 Å². The lowest BCUT2D eigenvalue weighted by Crippen LogP contribution is -2.16. The number of hydrogen-bond acceptors (Lipinski definition) is 5. The van der Waals surface area contributed by atoms with Crippen LogP contribution in [-0.4, -0.2) is 31.2 Å². The molecular weight excluding hydrogens is 440 g/mol. The molecule has 0 aliphatic heterocycles. The van der Waals surface area contributed by atoms with E-state index in [0.29, 0.717) is 22.6 Å². The van der Waals surface area contributed by atoms with Gasteiger partial charge < -0.3 is 10.1 Å². The molecule has 0 aliphatic carbocycles. The number of aromatic nitrogens is 4. The Morgan fingerprint density at radius 2 is 1.94 bits per heavy atom. The molecule has 4 aromatic rings. The Balaban J connectivity index is 1.62. The summed E-state index contributed by atoms with van der Waals surface area (Å²) in [5, 5.41) is 7.10. The van der Waals surface area contributed by atoms with Crippen LogP contribution in [0.5, 0.6) is 5.75 Å². The van der Waals surface area contributed by atoms with Crippen LogP contribution in [0.25, 0.3) is 16.9 Å². The van der Waals surface area contributed by atoms with Crippen molar-refractivity contribution in [3.63, 3.8) is 0 Å². The highest BCUT2D eigenvalue weighted by molar-refractivity contribution is 6.20. The number of halogens is 3. The van der Waals surface area contributed by atoms with Gasteiger partial charge in [-0.2, -0.15) is 5.10 Å². The fourth-order valence-corrected chi connectivity index (χ4v) is 3.06. The second-order valence-corrected chi connectivity index (χ2v) is 7.20. The van der Waals surface area contributed by atoms with Gasteiger partial charge in [-0.15, -0.1) is 8.78 Å². The zero-order chi connectivity index (χ0) is 22.7. The highest BCUT2D eigenvalue weighted by atomic mass is 35.5. The standard InChI is InChI=1S/C22H16ClF2N5O2/c1-14-8-10-30(29-14)20-19(15-3-2-9-26-12-15)11-16(13-27-20)21(31)28-17-4-6-18(7-5-17)32-22(23,24)25/h2-13H,1H3,(H,28,31). The Labute approximate surface area is 186 Å². The molecule has 0 unspecified atom stereocenters. The van der Waals surface area contributed by atoms with Crippen LogP contribution < -0.4 is 10.1 Å². The van der Waals surface area contributed by atoms with Gasteiger partial charge in [0.25, 0.3) is 5.91 Å². The molecule has 4 rings (SSSR count). The number of ether oxygens (including phenoxy) is 1. The minimum atomic E-state index is -3.81. The fraction of sp³-hybridized carbons (Fsp3) is 0.0909. The van der Waals surface area contributed by atoms with Gasteiger partial charge in [-0.05, 0) is 49.4 Å². The maximum atomic E-state index is 12.8. The number of hydrogen-bond donors (Lipinski definition) is 1. The molecular formula is C22H16ClF2N5O2. The minimum Gasteiger partial charge on any atom is -0.420 e. The van der Waals surface area contributed by atoms with Crippen LogP contribution in [0.1, 0.15) is 16.1 Å². The third-order valence-electron chi connectivity index (χ3n) is 4.39. The number of amides is 1. The molecule has 0 saturated heterocycles. The molecule has 0 fully saturated rings. The van der Waals surface area contributed by atoms with E-state index in [1.54, 1.807) is 35.4 Å². The Morgan fingerprint density at radius 3 is 2.56 bits per heavy atom. The predicted octanol–water partition coefficient (Wildman–Crippen LogP) is 5.06. The van der Waals surface area contributed by atoms with Gasteiger partial charge in [0.1, 0.15) is 5.75 Å². The third-order valence-corrected chi connectivity index (χ3v) is 4.46. The predicted molar refractivity (Wildman–Crippen MR) is 115 cm³/mol. The largest absolute Gasteiger partial charge is 0.487 e. The van der Waals surface area contributed by atoms with E-state index in [9.17, 15) is 13.6 Å². The average Bonchev–Trinajstić information content (AvgIpc) is 3.20. The Bertz CT molecular complexity index is 1240. The zero-order valence-corrected chi connectivity index (χ0v) is 17.4. The van der Waals surface area contributed by atoms with E-state index in [4.69, 9.17) is 11.6 Å². The summed E-state index contributed by atoms with van der Waals surface area (Å²) in [7, 11) is 0. The molecule has 162 valence electrons. The number of nitrogens with one attached hydrogen (secondary N) is 1. The fourth-order valence-electron chi connectivity index (χ4n) is 2.98. The van der Waals surface area contributed by atoms with Gasteiger partial charge in [-0.25, -0.2) is 9.67 Å². The Kier molecular flexibility index (Phi) is 5.83. The number of carbonyl (C=O) groups is 1. The molecule has 32 heavy (non-hydrogen) atoms. The van der Waals surface area contributed by atoms with E-state index in [2.05, 4.69) is 25.1 Å². The van der Waals surface area contributed by atoms with E-state index >= 15 is 0 Å². The van der Waals surface area contributed by atoms with E-state index < -0.39 is 11.5 Å². The van der Waals surface area contributed by atoms with E-state index in [1.807, 2.05) is 19.1 Å². The van der Waals surface area contributed by atoms with Gasteiger partial charge in [-0.3, -0.25) is 9.78 Å². The number of anilines is 1. The molecule has 0 saturated carbocycles. The summed E-state index contributed by atoms with van der Waals surface area (Å²) < 4.78 is 31.4. The summed E-state index contributed by atoms with van der Waals surface area (Å²) in [6.45, 7) is 1.87. The van der Waals surface area contributed by atoms with Crippen molar-refractivity contribution in [2.45, 2.75) is 12.5 Å². The molecule has 1 amide bonds. The second-order valence-electron chi connectivity index (χ2n) is 6.76. The first kappa shape index (κ1) is 21.4. The van der Waals surface area contributed by atoms with Crippen LogP contribution in [0.2, 0.25) is 0 Å². The van der Waals surface area contributed by atoms with Crippen LogP contribution in [0.15, 0.2) is 73.3 Å². The van der Waals surface area contributed by atoms with E-state index in [0.717, 1.165) is 11.3 Å². The molecule has 3 aromatic heterocycles. The van der Waals surface area contributed by atoms with Gasteiger partial charge >= 0.3 is 5.57 Å². The van der Waals surface area contributed by atoms with Gasteiger partial charge in [0.2, 0.25) is 0 Å². The Morgan fingerprint density at radius 1 is 1.16 bits per heavy atom. The number of pyridine rings is 2. The van der Waals surface area contributed by atoms with E-state index in [-0.39, 0.29) is 5.75 Å². The molecule has 0 radical (unpaired) electrons. The summed E-state index contributed by atoms with van der Waals surface area (Å²) in [4.78, 5) is 21.4. The summed E-state index contributed by atoms with van der Waals surface area (Å²) in [6.07, 6.45) is 6.54. The molecule has 3 heterocycles. The quantitative estimate of drug-likeness (QED) is 0.411. The van der Waals surface area contributed by atoms with Crippen molar-refractivity contribution < 1.29 is 18.3 Å². The van der Waals surface area contributed by atoms with Gasteiger partial charge in [0.15, 0.2) is 5.82 Å². The number of benzene rings is 1. The van der Waals surface area contributed by atoms with Crippen molar-refractivity contribution in [1.82, 2.24) is 19.7 Å². The molecule has 0 atom stereocenters. The number of alkyl halides is 3. The normalized spacial score (nSPS) is 11.2. The van der Waals surface area contributed by atoms with Crippen LogP contribution >= 0.6 is 11.6 Å². The summed E-state index contributed by atoms with van der Waals surface area (Å²) >= 11 is 4.75. The third kappa shape index (κ3) is 5.06. The summed E-state index contributed by atoms with van der Waals surface area (Å²) in [5.41, 5.74) is -0.874. The minimum absolute atomic E-state index is 0.137. The number of aryl methyl sites for hydroxylation is 1. The topological polar surface area (TPSA) is 81.9 Å². The molecule has 0 aliphatic rings. The lowest BCUT2D eigenvalue weighted by Gasteiger charge is -2.12. The van der Waals surface area contributed by atoms with Crippen molar-refractivity contribution in [2.24, 2.45) is 0 Å². The lowest BCUT2D eigenvalue weighted by molar-refractivity contribution is -0.0964. The maximum Gasteiger partial charge on any atom is 0.487 e. The maximum absolute atomic E-state index is 12.8. The summed E-state index contributed by atoms with van der Waals surface area (Å²) in [6, 6.07) is 12.6. The van der Waals surface area contributed by atoms with Crippen LogP contribution in [0, 0.1) is 6.92 Å². The van der Waals surface area contributed by atoms with E-state index in [1.165, 1.54) is 30.5 Å². The SMILES string of the molecule is Cc1ccn(-c2ncc(C(=O)Nc3ccc(OC(F)(F)Cl)cc3)cc2-c2cccnc2)n1. The van der Waals surface area contributed by atoms with Crippen molar-refractivity contribution in [2.75, 3.05) is 5.32 Å². The number of carbonyl (C=O) groups excluding carboxylic acids is 1. The molecule has 0 bridgehead atoms. The first-order valence-electron chi connectivity index (χ1n) is 9.39. The highest BCUT2D eigenvalue weighted by Crippen LogP contribution is 2.27. The number of nitrogens with zero attached hydrogens (tertiary/aromatic N) is 4. The van der Waals surface area contributed by atoms with Gasteiger partial charge in [0.05, 0.1) is 11.3 Å². The highest BCUT2D eigenvalue weighted by Gasteiger charge is 2.27. The molecule has 10 heteroatoms. The van der Waals surface area contributed by atoms with Crippen molar-refractivity contribution >= 4 is 23.2 Å². The van der Waals surface area contributed by atoms with Crippen molar-refractivity contribution in [3.8, 4) is 22.7 Å². The smallest absolute Gasteiger partial charge is 0.420 e. The molecule has 7 nitrogen and oxygen atoms in total. The zero-order valence-electron chi connectivity index (χ0n) is 16.7. The van der Waals surface area contributed by atoms with Crippen LogP contribution in [0.4, 0.5) is 14.5 Å². The van der Waals surface area contributed by atoms with Crippen LogP contribution in [0.3, 0.4) is 0 Å². The monoisotopic (exact) mass is 455 g/mol. The first-order valence-corrected chi connectivity index (χ1v) is 9.76.